The highest BCUT2D eigenvalue weighted by molar-refractivity contribution is 6.34. The number of aromatic hydroxyl groups is 1. The zero-order chi connectivity index (χ0) is 23.5. The molecule has 2 fully saturated rings. The Morgan fingerprint density at radius 1 is 1.27 bits per heavy atom. The lowest BCUT2D eigenvalue weighted by Gasteiger charge is -2.41. The van der Waals surface area contributed by atoms with Crippen molar-refractivity contribution in [3.8, 4) is 28.3 Å². The van der Waals surface area contributed by atoms with Gasteiger partial charge >= 0.3 is 6.18 Å². The fraction of sp³-hybridized carbons (Fsp3) is 0.455. The highest BCUT2D eigenvalue weighted by Crippen LogP contribution is 2.47. The summed E-state index contributed by atoms with van der Waals surface area (Å²) in [5.41, 5.74) is -1.45. The van der Waals surface area contributed by atoms with E-state index in [0.717, 1.165) is 23.7 Å². The number of nitrogens with zero attached hydrogens (tertiary/aromatic N) is 3. The number of hydrogen-bond donors (Lipinski definition) is 2. The van der Waals surface area contributed by atoms with Crippen molar-refractivity contribution in [1.29, 1.82) is 0 Å². The van der Waals surface area contributed by atoms with Gasteiger partial charge in [0.15, 0.2) is 11.5 Å². The summed E-state index contributed by atoms with van der Waals surface area (Å²) in [6.07, 6.45) is -1.53. The Balaban J connectivity index is 1.63. The van der Waals surface area contributed by atoms with E-state index in [1.165, 1.54) is 6.07 Å². The fourth-order valence-corrected chi connectivity index (χ4v) is 4.44. The van der Waals surface area contributed by atoms with E-state index in [1.807, 2.05) is 0 Å². The first kappa shape index (κ1) is 22.2. The number of phenolic OH excluding ortho intramolecular Hbond substituents is 1. The van der Waals surface area contributed by atoms with Crippen LogP contribution in [0.1, 0.15) is 49.9 Å². The quantitative estimate of drug-likeness (QED) is 0.491. The Morgan fingerprint density at radius 2 is 2.00 bits per heavy atom. The van der Waals surface area contributed by atoms with Gasteiger partial charge in [0, 0.05) is 5.56 Å². The van der Waals surface area contributed by atoms with Crippen molar-refractivity contribution >= 4 is 11.6 Å². The van der Waals surface area contributed by atoms with E-state index >= 15 is 0 Å². The average molecular weight is 484 g/mol. The topological polar surface area (TPSA) is 93.5 Å². The van der Waals surface area contributed by atoms with Crippen LogP contribution in [0.25, 0.3) is 22.6 Å². The van der Waals surface area contributed by atoms with Gasteiger partial charge in [-0.3, -0.25) is 4.68 Å². The maximum absolute atomic E-state index is 14.2. The van der Waals surface area contributed by atoms with Gasteiger partial charge in [-0.2, -0.15) is 18.3 Å². The number of benzene rings is 1. The normalized spacial score (nSPS) is 23.0. The first-order valence-electron chi connectivity index (χ1n) is 10.5. The molecule has 0 spiro atoms. The molecule has 7 nitrogen and oxygen atoms in total. The smallest absolute Gasteiger partial charge is 0.433 e. The first-order chi connectivity index (χ1) is 15.5. The monoisotopic (exact) mass is 483 g/mol. The molecule has 5 rings (SSSR count). The van der Waals surface area contributed by atoms with Gasteiger partial charge in [-0.25, -0.2) is 0 Å². The number of aliphatic hydroxyl groups is 1. The highest BCUT2D eigenvalue weighted by Gasteiger charge is 2.47. The molecule has 2 aliphatic carbocycles. The second kappa shape index (κ2) is 7.75. The van der Waals surface area contributed by atoms with Gasteiger partial charge in [-0.15, -0.1) is 0 Å². The lowest BCUT2D eigenvalue weighted by atomic mass is 9.77. The molecule has 2 N–H and O–H groups in total. The van der Waals surface area contributed by atoms with Crippen LogP contribution in [0.4, 0.5) is 13.2 Å². The van der Waals surface area contributed by atoms with E-state index in [1.54, 1.807) is 19.1 Å². The van der Waals surface area contributed by atoms with Gasteiger partial charge in [-0.05, 0) is 38.7 Å². The van der Waals surface area contributed by atoms with Gasteiger partial charge in [0.05, 0.1) is 46.7 Å². The molecule has 1 aromatic carbocycles. The van der Waals surface area contributed by atoms with Crippen molar-refractivity contribution in [2.75, 3.05) is 0 Å². The van der Waals surface area contributed by atoms with E-state index in [2.05, 4.69) is 10.3 Å². The minimum Gasteiger partial charge on any atom is -0.506 e. The molecule has 3 aromatic rings. The molecule has 0 aliphatic heterocycles. The second-order valence-electron chi connectivity index (χ2n) is 8.90. The molecule has 2 aromatic heterocycles. The predicted molar refractivity (Wildman–Crippen MR) is 112 cm³/mol. The Morgan fingerprint density at radius 3 is 2.64 bits per heavy atom. The van der Waals surface area contributed by atoms with Crippen LogP contribution in [0.2, 0.25) is 5.02 Å². The van der Waals surface area contributed by atoms with E-state index in [4.69, 9.17) is 20.9 Å². The molecule has 33 heavy (non-hydrogen) atoms. The van der Waals surface area contributed by atoms with E-state index in [-0.39, 0.29) is 53.3 Å². The average Bonchev–Trinajstić information content (AvgIpc) is 3.28. The van der Waals surface area contributed by atoms with Crippen molar-refractivity contribution in [1.82, 2.24) is 14.9 Å². The molecule has 2 aliphatic rings. The van der Waals surface area contributed by atoms with Gasteiger partial charge in [0.1, 0.15) is 11.4 Å². The van der Waals surface area contributed by atoms with Crippen LogP contribution in [0.15, 0.2) is 28.9 Å². The lowest BCUT2D eigenvalue weighted by Crippen LogP contribution is -2.43. The molecule has 2 saturated carbocycles. The Hall–Kier alpha value is -2.56. The third-order valence-electron chi connectivity index (χ3n) is 6.01. The largest absolute Gasteiger partial charge is 0.506 e. The predicted octanol–water partition coefficient (Wildman–Crippen LogP) is 5.35. The lowest BCUT2D eigenvalue weighted by molar-refractivity contribution is -0.148. The molecular weight excluding hydrogens is 463 g/mol. The van der Waals surface area contributed by atoms with Crippen LogP contribution in [-0.2, 0) is 17.5 Å². The van der Waals surface area contributed by atoms with Gasteiger partial charge in [0.25, 0.3) is 0 Å². The third-order valence-corrected chi connectivity index (χ3v) is 6.41. The van der Waals surface area contributed by atoms with Crippen LogP contribution in [-0.4, -0.2) is 36.9 Å². The summed E-state index contributed by atoms with van der Waals surface area (Å²) in [6, 6.07) is 3.96. The summed E-state index contributed by atoms with van der Waals surface area (Å²) in [4.78, 5) is 0. The Kier molecular flexibility index (Phi) is 5.22. The molecule has 176 valence electrons. The van der Waals surface area contributed by atoms with E-state index in [0.29, 0.717) is 11.1 Å². The Bertz CT molecular complexity index is 1190. The maximum Gasteiger partial charge on any atom is 0.433 e. The SMILES string of the molecule is CC1(O)CC(n2ncc(-c3onc(-c4cccc(O)c4Cl)c3COC3CC3)c2C(F)(F)F)C1. The van der Waals surface area contributed by atoms with Gasteiger partial charge in [-0.1, -0.05) is 28.9 Å². The van der Waals surface area contributed by atoms with Crippen LogP contribution in [0.3, 0.4) is 0 Å². The number of rotatable bonds is 6. The number of aromatic nitrogens is 3. The van der Waals surface area contributed by atoms with Crippen molar-refractivity contribution < 1.29 is 32.6 Å². The van der Waals surface area contributed by atoms with Crippen molar-refractivity contribution in [2.24, 2.45) is 0 Å². The molecule has 0 unspecified atom stereocenters. The molecular formula is C22H21ClF3N3O4. The molecule has 11 heteroatoms. The molecule has 0 saturated heterocycles. The molecule has 0 bridgehead atoms. The van der Waals surface area contributed by atoms with Crippen LogP contribution in [0, 0.1) is 0 Å². The van der Waals surface area contributed by atoms with Crippen molar-refractivity contribution in [2.45, 2.75) is 63.1 Å². The van der Waals surface area contributed by atoms with Crippen molar-refractivity contribution in [3.63, 3.8) is 0 Å². The minimum absolute atomic E-state index is 0.00783. The molecule has 0 amide bonds. The number of hydrogen-bond acceptors (Lipinski definition) is 6. The van der Waals surface area contributed by atoms with Crippen molar-refractivity contribution in [3.05, 3.63) is 40.7 Å². The summed E-state index contributed by atoms with van der Waals surface area (Å²) >= 11 is 6.24. The Labute approximate surface area is 191 Å². The maximum atomic E-state index is 14.2. The third kappa shape index (κ3) is 4.11. The summed E-state index contributed by atoms with van der Waals surface area (Å²) in [7, 11) is 0. The molecule has 0 atom stereocenters. The standard InChI is InChI=1S/C22H21ClF3N3O4/c1-21(31)7-11(8-21)29-20(22(24,25)26)14(9-27-29)19-15(10-32-12-5-6-12)18(28-33-19)13-3-2-4-16(30)17(13)23/h2-4,9,11-12,30-31H,5-8,10H2,1H3. The van der Waals surface area contributed by atoms with Crippen LogP contribution < -0.4 is 0 Å². The van der Waals surface area contributed by atoms with E-state index < -0.39 is 23.5 Å². The number of ether oxygens (including phenoxy) is 1. The van der Waals surface area contributed by atoms with Crippen LogP contribution >= 0.6 is 11.6 Å². The highest BCUT2D eigenvalue weighted by atomic mass is 35.5. The van der Waals surface area contributed by atoms with Gasteiger partial charge < -0.3 is 19.5 Å². The number of phenols is 1. The molecule has 0 radical (unpaired) electrons. The summed E-state index contributed by atoms with van der Waals surface area (Å²) in [5.74, 6) is -0.302. The first-order valence-corrected chi connectivity index (χ1v) is 10.9. The molecule has 2 heterocycles. The zero-order valence-corrected chi connectivity index (χ0v) is 18.3. The summed E-state index contributed by atoms with van der Waals surface area (Å²) < 4.78 is 54.6. The summed E-state index contributed by atoms with van der Waals surface area (Å²) in [6.45, 7) is 1.54. The van der Waals surface area contributed by atoms with Crippen LogP contribution in [0.5, 0.6) is 5.75 Å². The minimum atomic E-state index is -4.72. The number of halogens is 4. The van der Waals surface area contributed by atoms with Gasteiger partial charge in [0.2, 0.25) is 0 Å². The van der Waals surface area contributed by atoms with E-state index in [9.17, 15) is 23.4 Å². The summed E-state index contributed by atoms with van der Waals surface area (Å²) in [5, 5.41) is 28.0. The second-order valence-corrected chi connectivity index (χ2v) is 9.27. The fourth-order valence-electron chi connectivity index (χ4n) is 4.22. The number of alkyl halides is 3. The zero-order valence-electron chi connectivity index (χ0n) is 17.6.